The molecule has 2 aliphatic carbocycles. The van der Waals surface area contributed by atoms with E-state index in [9.17, 15) is 9.90 Å². The largest absolute Gasteiger partial charge is 0.481 e. The third kappa shape index (κ3) is 3.37. The van der Waals surface area contributed by atoms with Gasteiger partial charge in [0.25, 0.3) is 5.91 Å². The van der Waals surface area contributed by atoms with Gasteiger partial charge in [-0.25, -0.2) is 4.98 Å². The zero-order valence-electron chi connectivity index (χ0n) is 14.1. The van der Waals surface area contributed by atoms with Gasteiger partial charge in [0.05, 0.1) is 19.3 Å². The number of hydrogen-bond acceptors (Lipinski definition) is 5. The number of carbonyl (C=O) groups is 1. The lowest BCUT2D eigenvalue weighted by Gasteiger charge is -2.38. The third-order valence-corrected chi connectivity index (χ3v) is 5.08. The van der Waals surface area contributed by atoms with Gasteiger partial charge in [0.2, 0.25) is 5.88 Å². The molecule has 0 aliphatic heterocycles. The normalized spacial score (nSPS) is 23.6. The second-order valence-corrected chi connectivity index (χ2v) is 6.95. The number of pyridine rings is 1. The van der Waals surface area contributed by atoms with Gasteiger partial charge in [-0.1, -0.05) is 6.07 Å². The molecular formula is C18H22N4O3. The van der Waals surface area contributed by atoms with Crippen molar-refractivity contribution in [2.24, 2.45) is 5.92 Å². The van der Waals surface area contributed by atoms with Gasteiger partial charge in [-0.15, -0.1) is 0 Å². The summed E-state index contributed by atoms with van der Waals surface area (Å²) in [6.45, 7) is 0. The van der Waals surface area contributed by atoms with Crippen LogP contribution in [0, 0.1) is 5.92 Å². The summed E-state index contributed by atoms with van der Waals surface area (Å²) in [5.41, 5.74) is 2.35. The van der Waals surface area contributed by atoms with Crippen LogP contribution in [0.25, 0.3) is 0 Å². The van der Waals surface area contributed by atoms with E-state index in [1.54, 1.807) is 19.4 Å². The monoisotopic (exact) mass is 342 g/mol. The molecule has 7 nitrogen and oxygen atoms in total. The molecular weight excluding hydrogens is 320 g/mol. The van der Waals surface area contributed by atoms with Crippen LogP contribution in [0.5, 0.6) is 5.88 Å². The average Bonchev–Trinajstić information content (AvgIpc) is 3.34. The zero-order valence-corrected chi connectivity index (χ0v) is 14.1. The Bertz CT molecular complexity index is 748. The second-order valence-electron chi connectivity index (χ2n) is 6.95. The molecule has 2 aromatic rings. The van der Waals surface area contributed by atoms with E-state index in [-0.39, 0.29) is 24.0 Å². The van der Waals surface area contributed by atoms with Crippen LogP contribution in [0.15, 0.2) is 24.4 Å². The molecule has 0 radical (unpaired) electrons. The quantitative estimate of drug-likeness (QED) is 0.745. The predicted molar refractivity (Wildman–Crippen MR) is 90.3 cm³/mol. The van der Waals surface area contributed by atoms with Gasteiger partial charge in [0, 0.05) is 23.9 Å². The molecule has 25 heavy (non-hydrogen) atoms. The Morgan fingerprint density at radius 2 is 2.20 bits per heavy atom. The maximum absolute atomic E-state index is 12.6. The number of aromatic nitrogens is 3. The molecule has 0 spiro atoms. The summed E-state index contributed by atoms with van der Waals surface area (Å²) in [5.74, 6) is 1.04. The molecule has 7 heteroatoms. The number of aromatic amines is 1. The zero-order chi connectivity index (χ0) is 17.4. The third-order valence-electron chi connectivity index (χ3n) is 5.08. The minimum atomic E-state index is -0.289. The van der Waals surface area contributed by atoms with Crippen LogP contribution in [0.1, 0.15) is 59.4 Å². The molecule has 0 saturated heterocycles. The van der Waals surface area contributed by atoms with Crippen molar-refractivity contribution >= 4 is 5.91 Å². The number of nitrogens with one attached hydrogen (secondary N) is 2. The minimum absolute atomic E-state index is 0.191. The van der Waals surface area contributed by atoms with Crippen molar-refractivity contribution in [3.05, 3.63) is 41.3 Å². The van der Waals surface area contributed by atoms with Crippen molar-refractivity contribution in [1.29, 1.82) is 0 Å². The number of carbonyl (C=O) groups excluding carboxylic acids is 1. The SMILES string of the molecule is COc1ccc([C@H](NC(=O)c2cc(C3CC3)[nH]n2)C2CC(O)C2)cn1. The van der Waals surface area contributed by atoms with Crippen molar-refractivity contribution in [3.8, 4) is 5.88 Å². The average molecular weight is 342 g/mol. The fourth-order valence-electron chi connectivity index (χ4n) is 3.34. The Balaban J connectivity index is 1.51. The predicted octanol–water partition coefficient (Wildman–Crippen LogP) is 1.93. The number of aliphatic hydroxyl groups is 1. The molecule has 4 rings (SSSR count). The maximum atomic E-state index is 12.6. The van der Waals surface area contributed by atoms with Gasteiger partial charge in [-0.05, 0) is 43.2 Å². The van der Waals surface area contributed by atoms with Crippen LogP contribution in [-0.2, 0) is 0 Å². The van der Waals surface area contributed by atoms with Crippen LogP contribution in [0.2, 0.25) is 0 Å². The van der Waals surface area contributed by atoms with Crippen LogP contribution < -0.4 is 10.1 Å². The number of H-pyrrole nitrogens is 1. The van der Waals surface area contributed by atoms with Crippen LogP contribution >= 0.6 is 0 Å². The van der Waals surface area contributed by atoms with Gasteiger partial charge in [0.1, 0.15) is 5.69 Å². The Kier molecular flexibility index (Phi) is 4.17. The number of hydrogen-bond donors (Lipinski definition) is 3. The summed E-state index contributed by atoms with van der Waals surface area (Å²) >= 11 is 0. The first-order valence-corrected chi connectivity index (χ1v) is 8.68. The highest BCUT2D eigenvalue weighted by Crippen LogP contribution is 2.40. The van der Waals surface area contributed by atoms with E-state index >= 15 is 0 Å². The van der Waals surface area contributed by atoms with Crippen molar-refractivity contribution in [2.75, 3.05) is 7.11 Å². The molecule has 0 aromatic carbocycles. The second kappa shape index (κ2) is 6.48. The highest BCUT2D eigenvalue weighted by atomic mass is 16.5. The first-order chi connectivity index (χ1) is 12.1. The molecule has 2 saturated carbocycles. The molecule has 2 aliphatic rings. The summed E-state index contributed by atoms with van der Waals surface area (Å²) in [7, 11) is 1.57. The molecule has 2 aromatic heterocycles. The Morgan fingerprint density at radius 3 is 2.80 bits per heavy atom. The Morgan fingerprint density at radius 1 is 1.40 bits per heavy atom. The molecule has 1 amide bonds. The summed E-state index contributed by atoms with van der Waals surface area (Å²) in [5, 5.41) is 19.8. The summed E-state index contributed by atoms with van der Waals surface area (Å²) in [4.78, 5) is 16.9. The molecule has 132 valence electrons. The lowest BCUT2D eigenvalue weighted by Crippen LogP contribution is -2.41. The van der Waals surface area contributed by atoms with Crippen LogP contribution in [-0.4, -0.2) is 39.4 Å². The maximum Gasteiger partial charge on any atom is 0.272 e. The van der Waals surface area contributed by atoms with E-state index in [1.165, 1.54) is 0 Å². The van der Waals surface area contributed by atoms with E-state index in [0.717, 1.165) is 24.1 Å². The van der Waals surface area contributed by atoms with Crippen molar-refractivity contribution in [1.82, 2.24) is 20.5 Å². The molecule has 2 fully saturated rings. The van der Waals surface area contributed by atoms with E-state index < -0.39 is 0 Å². The van der Waals surface area contributed by atoms with E-state index in [4.69, 9.17) is 4.74 Å². The summed E-state index contributed by atoms with van der Waals surface area (Å²) < 4.78 is 5.10. The molecule has 0 unspecified atom stereocenters. The standard InChI is InChI=1S/C18H22N4O3/c1-25-16-5-4-11(9-19-16)17(12-6-13(23)7-12)20-18(24)15-8-14(21-22-15)10-2-3-10/h4-5,8-10,12-13,17,23H,2-3,6-7H2,1H3,(H,20,24)(H,21,22)/t12?,13?,17-/m0/s1. The van der Waals surface area contributed by atoms with Crippen LogP contribution in [0.4, 0.5) is 0 Å². The number of ether oxygens (including phenoxy) is 1. The fraction of sp³-hybridized carbons (Fsp3) is 0.500. The van der Waals surface area contributed by atoms with Gasteiger partial charge in [0.15, 0.2) is 0 Å². The van der Waals surface area contributed by atoms with E-state index in [0.29, 0.717) is 30.3 Å². The molecule has 2 heterocycles. The first-order valence-electron chi connectivity index (χ1n) is 8.68. The summed E-state index contributed by atoms with van der Waals surface area (Å²) in [6, 6.07) is 5.33. The van der Waals surface area contributed by atoms with Gasteiger partial charge >= 0.3 is 0 Å². The Labute approximate surface area is 145 Å². The summed E-state index contributed by atoms with van der Waals surface area (Å²) in [6.07, 6.45) is 5.08. The number of amides is 1. The van der Waals surface area contributed by atoms with Crippen molar-refractivity contribution in [3.63, 3.8) is 0 Å². The highest BCUT2D eigenvalue weighted by molar-refractivity contribution is 5.92. The molecule has 0 bridgehead atoms. The van der Waals surface area contributed by atoms with Gasteiger partial charge < -0.3 is 15.2 Å². The topological polar surface area (TPSA) is 100 Å². The van der Waals surface area contributed by atoms with E-state index in [1.807, 2.05) is 12.1 Å². The lowest BCUT2D eigenvalue weighted by molar-refractivity contribution is 0.0234. The lowest BCUT2D eigenvalue weighted by atomic mass is 9.75. The fourth-order valence-corrected chi connectivity index (χ4v) is 3.34. The van der Waals surface area contributed by atoms with Crippen molar-refractivity contribution < 1.29 is 14.6 Å². The van der Waals surface area contributed by atoms with Gasteiger partial charge in [-0.3, -0.25) is 9.89 Å². The van der Waals surface area contributed by atoms with Gasteiger partial charge in [-0.2, -0.15) is 5.10 Å². The number of rotatable bonds is 6. The number of methoxy groups -OCH3 is 1. The van der Waals surface area contributed by atoms with Crippen LogP contribution in [0.3, 0.4) is 0 Å². The Hall–Kier alpha value is -2.41. The highest BCUT2D eigenvalue weighted by Gasteiger charge is 2.36. The first kappa shape index (κ1) is 16.1. The van der Waals surface area contributed by atoms with Crippen molar-refractivity contribution in [2.45, 2.75) is 43.7 Å². The molecule has 3 N–H and O–H groups in total. The minimum Gasteiger partial charge on any atom is -0.481 e. The molecule has 1 atom stereocenters. The number of nitrogens with zero attached hydrogens (tertiary/aromatic N) is 2. The van der Waals surface area contributed by atoms with E-state index in [2.05, 4.69) is 20.5 Å². The number of aliphatic hydroxyl groups excluding tert-OH is 1. The smallest absolute Gasteiger partial charge is 0.272 e.